The fraction of sp³-hybridized carbons (Fsp3) is 0.214. The molecule has 0 spiro atoms. The predicted molar refractivity (Wildman–Crippen MR) is 69.3 cm³/mol. The minimum atomic E-state index is 0.488. The van der Waals surface area contributed by atoms with E-state index >= 15 is 0 Å². The summed E-state index contributed by atoms with van der Waals surface area (Å²) in [6, 6.07) is 13.7. The van der Waals surface area contributed by atoms with Crippen molar-refractivity contribution in [3.05, 3.63) is 59.4 Å². The van der Waals surface area contributed by atoms with Crippen molar-refractivity contribution in [3.8, 4) is 5.75 Å². The molecule has 88 valence electrons. The first-order valence-corrected chi connectivity index (χ1v) is 6.01. The van der Waals surface area contributed by atoms with Crippen LogP contribution in [-0.2, 0) is 12.5 Å². The zero-order chi connectivity index (χ0) is 12.1. The van der Waals surface area contributed by atoms with Crippen LogP contribution in [0.2, 0.25) is 0 Å². The summed E-state index contributed by atoms with van der Waals surface area (Å²) < 4.78 is 5.64. The van der Waals surface area contributed by atoms with Crippen molar-refractivity contribution in [2.45, 2.75) is 19.4 Å². The standard InChI is InChI=1S/C14H14ClNO/c1-11-3-2-4-13(16-11)10-17-14-7-5-12(9-15)6-8-14/h2-8H,9-10H2,1H3. The van der Waals surface area contributed by atoms with Crippen LogP contribution in [0.4, 0.5) is 0 Å². The fourth-order valence-corrected chi connectivity index (χ4v) is 1.69. The van der Waals surface area contributed by atoms with Crippen LogP contribution >= 0.6 is 11.6 Å². The van der Waals surface area contributed by atoms with E-state index in [4.69, 9.17) is 16.3 Å². The van der Waals surface area contributed by atoms with Crippen LogP contribution < -0.4 is 4.74 Å². The molecule has 0 aliphatic rings. The van der Waals surface area contributed by atoms with Crippen molar-refractivity contribution in [2.75, 3.05) is 0 Å². The number of ether oxygens (including phenoxy) is 1. The summed E-state index contributed by atoms with van der Waals surface area (Å²) in [5.41, 5.74) is 3.03. The van der Waals surface area contributed by atoms with Crippen LogP contribution in [0.5, 0.6) is 5.75 Å². The molecule has 0 saturated carbocycles. The van der Waals surface area contributed by atoms with Gasteiger partial charge in [0.2, 0.25) is 0 Å². The number of benzene rings is 1. The van der Waals surface area contributed by atoms with Gasteiger partial charge in [0.05, 0.1) is 5.69 Å². The molecule has 2 aromatic rings. The third kappa shape index (κ3) is 3.46. The van der Waals surface area contributed by atoms with Gasteiger partial charge in [0.15, 0.2) is 0 Å². The van der Waals surface area contributed by atoms with Gasteiger partial charge in [-0.1, -0.05) is 18.2 Å². The molecule has 0 N–H and O–H groups in total. The first kappa shape index (κ1) is 11.9. The van der Waals surface area contributed by atoms with E-state index in [1.165, 1.54) is 0 Å². The van der Waals surface area contributed by atoms with Gasteiger partial charge in [-0.2, -0.15) is 0 Å². The molecular weight excluding hydrogens is 234 g/mol. The molecule has 0 saturated heterocycles. The number of pyridine rings is 1. The smallest absolute Gasteiger partial charge is 0.130 e. The Morgan fingerprint density at radius 2 is 1.88 bits per heavy atom. The number of hydrogen-bond donors (Lipinski definition) is 0. The molecular formula is C14H14ClNO. The Kier molecular flexibility index (Phi) is 3.99. The molecule has 0 aliphatic carbocycles. The zero-order valence-electron chi connectivity index (χ0n) is 9.69. The lowest BCUT2D eigenvalue weighted by Crippen LogP contribution is -1.98. The quantitative estimate of drug-likeness (QED) is 0.769. The van der Waals surface area contributed by atoms with Crippen LogP contribution in [0.15, 0.2) is 42.5 Å². The Morgan fingerprint density at radius 3 is 2.53 bits per heavy atom. The van der Waals surface area contributed by atoms with Gasteiger partial charge in [-0.3, -0.25) is 4.98 Å². The lowest BCUT2D eigenvalue weighted by Gasteiger charge is -2.06. The van der Waals surface area contributed by atoms with E-state index in [1.807, 2.05) is 49.4 Å². The van der Waals surface area contributed by atoms with E-state index in [1.54, 1.807) is 0 Å². The number of aromatic nitrogens is 1. The molecule has 0 radical (unpaired) electrons. The summed E-state index contributed by atoms with van der Waals surface area (Å²) in [5, 5.41) is 0. The van der Waals surface area contributed by atoms with Crippen molar-refractivity contribution in [1.82, 2.24) is 4.98 Å². The van der Waals surface area contributed by atoms with Gasteiger partial charge >= 0.3 is 0 Å². The highest BCUT2D eigenvalue weighted by Gasteiger charge is 1.98. The van der Waals surface area contributed by atoms with Gasteiger partial charge in [-0.15, -0.1) is 11.6 Å². The Hall–Kier alpha value is -1.54. The summed E-state index contributed by atoms with van der Waals surface area (Å²) in [4.78, 5) is 4.38. The molecule has 0 fully saturated rings. The van der Waals surface area contributed by atoms with E-state index in [2.05, 4.69) is 4.98 Å². The second-order valence-electron chi connectivity index (χ2n) is 3.84. The van der Waals surface area contributed by atoms with Crippen LogP contribution in [0.25, 0.3) is 0 Å². The molecule has 1 heterocycles. The van der Waals surface area contributed by atoms with E-state index < -0.39 is 0 Å². The first-order valence-electron chi connectivity index (χ1n) is 5.48. The van der Waals surface area contributed by atoms with Crippen molar-refractivity contribution in [2.24, 2.45) is 0 Å². The van der Waals surface area contributed by atoms with E-state index in [9.17, 15) is 0 Å². The molecule has 0 amide bonds. The highest BCUT2D eigenvalue weighted by Crippen LogP contribution is 2.14. The highest BCUT2D eigenvalue weighted by molar-refractivity contribution is 6.17. The number of rotatable bonds is 4. The number of halogens is 1. The lowest BCUT2D eigenvalue weighted by atomic mass is 10.2. The van der Waals surface area contributed by atoms with Gasteiger partial charge in [0, 0.05) is 11.6 Å². The summed E-state index contributed by atoms with van der Waals surface area (Å²) in [5.74, 6) is 1.36. The summed E-state index contributed by atoms with van der Waals surface area (Å²) >= 11 is 5.72. The number of nitrogens with zero attached hydrogens (tertiary/aromatic N) is 1. The summed E-state index contributed by atoms with van der Waals surface area (Å²) in [7, 11) is 0. The van der Waals surface area contributed by atoms with Gasteiger partial charge in [0.25, 0.3) is 0 Å². The van der Waals surface area contributed by atoms with Gasteiger partial charge < -0.3 is 4.74 Å². The summed E-state index contributed by atoms with van der Waals surface area (Å²) in [6.07, 6.45) is 0. The second-order valence-corrected chi connectivity index (χ2v) is 4.10. The third-order valence-electron chi connectivity index (χ3n) is 2.41. The monoisotopic (exact) mass is 247 g/mol. The average Bonchev–Trinajstić information content (AvgIpc) is 2.37. The van der Waals surface area contributed by atoms with Crippen molar-refractivity contribution in [1.29, 1.82) is 0 Å². The minimum absolute atomic E-state index is 0.488. The topological polar surface area (TPSA) is 22.1 Å². The van der Waals surface area contributed by atoms with Crippen LogP contribution in [0.3, 0.4) is 0 Å². The van der Waals surface area contributed by atoms with Crippen LogP contribution in [0, 0.1) is 6.92 Å². The maximum Gasteiger partial charge on any atom is 0.130 e. The first-order chi connectivity index (χ1) is 8.28. The van der Waals surface area contributed by atoms with Crippen molar-refractivity contribution in [3.63, 3.8) is 0 Å². The van der Waals surface area contributed by atoms with Crippen molar-refractivity contribution >= 4 is 11.6 Å². The number of hydrogen-bond acceptors (Lipinski definition) is 2. The molecule has 0 unspecified atom stereocenters. The van der Waals surface area contributed by atoms with E-state index in [0.717, 1.165) is 22.7 Å². The molecule has 1 aromatic carbocycles. The molecule has 3 heteroatoms. The zero-order valence-corrected chi connectivity index (χ0v) is 10.4. The summed E-state index contributed by atoms with van der Waals surface area (Å²) in [6.45, 7) is 2.46. The molecule has 1 aromatic heterocycles. The Labute approximate surface area is 106 Å². The highest BCUT2D eigenvalue weighted by atomic mass is 35.5. The molecule has 0 aliphatic heterocycles. The predicted octanol–water partition coefficient (Wildman–Crippen LogP) is 3.71. The van der Waals surface area contributed by atoms with Gasteiger partial charge in [0.1, 0.15) is 12.4 Å². The van der Waals surface area contributed by atoms with Gasteiger partial charge in [-0.25, -0.2) is 0 Å². The van der Waals surface area contributed by atoms with E-state index in [-0.39, 0.29) is 0 Å². The lowest BCUT2D eigenvalue weighted by molar-refractivity contribution is 0.301. The third-order valence-corrected chi connectivity index (χ3v) is 2.72. The van der Waals surface area contributed by atoms with Crippen LogP contribution in [-0.4, -0.2) is 4.98 Å². The number of alkyl halides is 1. The molecule has 2 rings (SSSR count). The van der Waals surface area contributed by atoms with Crippen molar-refractivity contribution < 1.29 is 4.74 Å². The average molecular weight is 248 g/mol. The maximum absolute atomic E-state index is 5.72. The SMILES string of the molecule is Cc1cccc(COc2ccc(CCl)cc2)n1. The molecule has 2 nitrogen and oxygen atoms in total. The molecule has 17 heavy (non-hydrogen) atoms. The van der Waals surface area contributed by atoms with Gasteiger partial charge in [-0.05, 0) is 36.8 Å². The Morgan fingerprint density at radius 1 is 1.12 bits per heavy atom. The Balaban J connectivity index is 1.97. The molecule has 0 atom stereocenters. The van der Waals surface area contributed by atoms with E-state index in [0.29, 0.717) is 12.5 Å². The largest absolute Gasteiger partial charge is 0.487 e. The number of aryl methyl sites for hydroxylation is 1. The normalized spacial score (nSPS) is 10.2. The minimum Gasteiger partial charge on any atom is -0.487 e. The fourth-order valence-electron chi connectivity index (χ4n) is 1.51. The Bertz CT molecular complexity index is 482. The second kappa shape index (κ2) is 5.69. The van der Waals surface area contributed by atoms with Crippen LogP contribution in [0.1, 0.15) is 17.0 Å². The maximum atomic E-state index is 5.72. The molecule has 0 bridgehead atoms.